The second kappa shape index (κ2) is 16.8. The fraction of sp³-hybridized carbons (Fsp3) is 1.00. The van der Waals surface area contributed by atoms with Gasteiger partial charge in [-0.3, -0.25) is 0 Å². The number of hydrogen-bond acceptors (Lipinski definition) is 0. The molecule has 0 unspecified atom stereocenters. The Bertz CT molecular complexity index is 1450. The third-order valence-electron chi connectivity index (χ3n) is 8.66. The molecule has 0 atom stereocenters. The molecule has 0 heterocycles. The van der Waals surface area contributed by atoms with Crippen molar-refractivity contribution in [1.82, 2.24) is 0 Å². The van der Waals surface area contributed by atoms with E-state index in [4.69, 9.17) is 8.92 Å². The van der Waals surface area contributed by atoms with Gasteiger partial charge >= 0.3 is 337 Å². The van der Waals surface area contributed by atoms with Gasteiger partial charge < -0.3 is 0 Å². The van der Waals surface area contributed by atoms with Crippen LogP contribution in [0.1, 0.15) is 19.3 Å². The van der Waals surface area contributed by atoms with E-state index < -0.39 is 157 Å². The van der Waals surface area contributed by atoms with Crippen LogP contribution in [0.2, 0.25) is 13.3 Å². The Balaban J connectivity index is 7.70. The van der Waals surface area contributed by atoms with Crippen molar-refractivity contribution in [3.63, 3.8) is 0 Å². The van der Waals surface area contributed by atoms with Crippen LogP contribution in [0.4, 0.5) is 171 Å². The third kappa shape index (κ3) is 9.53. The van der Waals surface area contributed by atoms with Crippen molar-refractivity contribution in [2.45, 2.75) is 140 Å². The summed E-state index contributed by atoms with van der Waals surface area (Å²) in [5.74, 6) is -127. The Labute approximate surface area is 337 Å². The van der Waals surface area contributed by atoms with Crippen molar-refractivity contribution in [2.75, 3.05) is 0 Å². The fourth-order valence-corrected chi connectivity index (χ4v) is 15.0. The summed E-state index contributed by atoms with van der Waals surface area (Å²) in [6.07, 6.45) is -36.6. The normalized spacial score (nSPS) is 17.0. The zero-order valence-electron chi connectivity index (χ0n) is 28.9. The first-order valence-corrected chi connectivity index (χ1v) is 24.6. The van der Waals surface area contributed by atoms with Gasteiger partial charge in [-0.25, -0.2) is 0 Å². The Kier molecular flexibility index (Phi) is 16.3. The zero-order valence-corrected chi connectivity index (χ0v) is 32.5. The maximum atomic E-state index is 14.4. The van der Waals surface area contributed by atoms with Gasteiger partial charge in [0, 0.05) is 0 Å². The molecule has 0 N–H and O–H groups in total. The van der Waals surface area contributed by atoms with Gasteiger partial charge in [-0.1, -0.05) is 0 Å². The van der Waals surface area contributed by atoms with Gasteiger partial charge in [0.15, 0.2) is 0 Å². The second-order valence-electron chi connectivity index (χ2n) is 13.2. The molecule has 0 aliphatic rings. The minimum absolute atomic E-state index is 3.35. The quantitative estimate of drug-likeness (QED) is 0.0794. The van der Waals surface area contributed by atoms with E-state index in [9.17, 15) is 171 Å². The predicted octanol–water partition coefficient (Wildman–Crippen LogP) is 15.6. The monoisotopic (exact) mass is 1200 g/mol. The Hall–Kier alpha value is -1.64. The van der Waals surface area contributed by atoms with Gasteiger partial charge in [-0.2, -0.15) is 0 Å². The number of alkyl halides is 39. The molecule has 0 aromatic rings. The summed E-state index contributed by atoms with van der Waals surface area (Å²) in [6.45, 7) is 0. The van der Waals surface area contributed by atoms with Crippen LogP contribution >= 0.6 is 8.92 Å². The topological polar surface area (TPSA) is 0 Å². The summed E-state index contributed by atoms with van der Waals surface area (Å²) in [5, 5.41) is 0. The van der Waals surface area contributed by atoms with E-state index in [0.717, 1.165) is 0 Å². The van der Waals surface area contributed by atoms with Crippen molar-refractivity contribution in [2.24, 2.45) is 0 Å². The molecule has 0 rings (SSSR count). The van der Waals surface area contributed by atoms with Crippen molar-refractivity contribution in [3.8, 4) is 0 Å². The first kappa shape index (κ1) is 63.4. The third-order valence-corrected chi connectivity index (χ3v) is 22.3. The first-order chi connectivity index (χ1) is 27.4. The van der Waals surface area contributed by atoms with E-state index in [1.165, 1.54) is 0 Å². The van der Waals surface area contributed by atoms with E-state index >= 15 is 0 Å². The van der Waals surface area contributed by atoms with Crippen LogP contribution in [-0.4, -0.2) is 125 Å². The molecule has 0 aromatic carbocycles. The van der Waals surface area contributed by atoms with Crippen LogP contribution in [-0.2, 0) is 0 Å². The molecule has 0 bridgehead atoms. The summed E-state index contributed by atoms with van der Waals surface area (Å²) < 4.78 is 515. The molecule has 65 heavy (non-hydrogen) atoms. The first-order valence-electron chi connectivity index (χ1n) is 14.9. The molecule has 0 nitrogen and oxygen atoms in total. The van der Waals surface area contributed by atoms with Gasteiger partial charge in [0.25, 0.3) is 0 Å². The molecule has 0 saturated heterocycles. The van der Waals surface area contributed by atoms with Crippen LogP contribution in [0.15, 0.2) is 0 Å². The second-order valence-corrected chi connectivity index (χ2v) is 29.4. The SMILES string of the molecule is FC(F)(F)C(F)(F)C(F)(F)C(F)(F)C(F)(F)C(F)(F)C[CH2][Sn]([Cl])([CH2]CC(F)(F)C(F)(F)C(F)(F)C(F)(F)C(F)(F)C(F)(F)F)[CH2]CC(F)(F)C(F)(F)C(F)(F)C(F)(F)C(F)(F)C(F)(F)F. The van der Waals surface area contributed by atoms with E-state index in [-0.39, 0.29) is 0 Å². The molecule has 392 valence electrons. The van der Waals surface area contributed by atoms with Crippen LogP contribution in [0.5, 0.6) is 0 Å². The van der Waals surface area contributed by atoms with E-state index in [1.54, 1.807) is 0 Å². The molecule has 0 aliphatic carbocycles. The summed E-state index contributed by atoms with van der Waals surface area (Å²) in [6, 6.07) is 0. The standard InChI is InChI=1S/3C8H4F13.ClH.Sn/c3*1-2-3(9,10)4(11,12)5(13,14)6(15,16)7(17,18)8(19,20)21;;/h3*1-2H2;1H;/q;;;;+1/p-1. The molecule has 0 fully saturated rings. The summed E-state index contributed by atoms with van der Waals surface area (Å²) in [4.78, 5) is 0. The van der Waals surface area contributed by atoms with Crippen molar-refractivity contribution < 1.29 is 171 Å². The number of hydrogen-bond donors (Lipinski definition) is 0. The molecule has 0 saturated carbocycles. The van der Waals surface area contributed by atoms with Crippen molar-refractivity contribution in [1.29, 1.82) is 0 Å². The van der Waals surface area contributed by atoms with Gasteiger partial charge in [-0.05, 0) is 0 Å². The fourth-order valence-electron chi connectivity index (χ4n) is 4.40. The van der Waals surface area contributed by atoms with Crippen LogP contribution in [0, 0.1) is 0 Å². The summed E-state index contributed by atoms with van der Waals surface area (Å²) in [7, 11) is 5.18. The summed E-state index contributed by atoms with van der Waals surface area (Å²) >= 11 is -8.12. The van der Waals surface area contributed by atoms with Crippen LogP contribution in [0.25, 0.3) is 0 Å². The average Bonchev–Trinajstić information content (AvgIpc) is 3.06. The number of halogens is 40. The molecule has 0 radical (unpaired) electrons. The average molecular weight is 1200 g/mol. The van der Waals surface area contributed by atoms with Crippen molar-refractivity contribution in [3.05, 3.63) is 0 Å². The van der Waals surface area contributed by atoms with Gasteiger partial charge in [-0.15, -0.1) is 0 Å². The van der Waals surface area contributed by atoms with E-state index in [1.807, 2.05) is 0 Å². The number of rotatable bonds is 21. The van der Waals surface area contributed by atoms with Gasteiger partial charge in [0.1, 0.15) is 0 Å². The molecular formula is C24H12ClF39Sn. The van der Waals surface area contributed by atoms with Crippen LogP contribution < -0.4 is 0 Å². The summed E-state index contributed by atoms with van der Waals surface area (Å²) in [5.41, 5.74) is 0. The predicted molar refractivity (Wildman–Crippen MR) is 132 cm³/mol. The maximum absolute atomic E-state index is 14.4. The molecule has 0 amide bonds. The Morgan fingerprint density at radius 3 is 0.446 bits per heavy atom. The molecule has 41 heteroatoms. The zero-order chi connectivity index (χ0) is 53.7. The van der Waals surface area contributed by atoms with E-state index in [0.29, 0.717) is 0 Å². The van der Waals surface area contributed by atoms with Gasteiger partial charge in [0.05, 0.1) is 0 Å². The van der Waals surface area contributed by atoms with Crippen LogP contribution in [0.3, 0.4) is 0 Å². The van der Waals surface area contributed by atoms with E-state index in [2.05, 4.69) is 0 Å². The van der Waals surface area contributed by atoms with Gasteiger partial charge in [0.2, 0.25) is 0 Å². The molecule has 0 spiro atoms. The Morgan fingerprint density at radius 2 is 0.323 bits per heavy atom. The molecule has 0 aromatic heterocycles. The minimum atomic E-state index is -8.86. The molecule has 0 aliphatic heterocycles. The van der Waals surface area contributed by atoms with Crippen molar-refractivity contribution >= 4 is 26.2 Å². The Morgan fingerprint density at radius 1 is 0.200 bits per heavy atom. The molecular weight excluding hydrogens is 1180 g/mol.